The van der Waals surface area contributed by atoms with Gasteiger partial charge in [-0.25, -0.2) is 4.57 Å². The van der Waals surface area contributed by atoms with Crippen molar-refractivity contribution in [2.45, 2.75) is 187 Å². The fourth-order valence-corrected chi connectivity index (χ4v) is 5.49. The Labute approximate surface area is 281 Å². The molecule has 1 atom stereocenters. The molecule has 0 saturated heterocycles. The Kier molecular flexibility index (Phi) is 32.4. The van der Waals surface area contributed by atoms with Crippen LogP contribution in [0.15, 0.2) is 24.3 Å². The second-order valence-electron chi connectivity index (χ2n) is 12.5. The second kappa shape index (κ2) is 33.4. The molecule has 0 aliphatic heterocycles. The second-order valence-corrected chi connectivity index (χ2v) is 13.8. The minimum Gasteiger partial charge on any atom is -0.462 e. The first kappa shape index (κ1) is 44.5. The summed E-state index contributed by atoms with van der Waals surface area (Å²) in [5.74, 6) is -0.898. The molecule has 8 nitrogen and oxygen atoms in total. The van der Waals surface area contributed by atoms with Crippen LogP contribution >= 0.6 is 7.82 Å². The van der Waals surface area contributed by atoms with Crippen molar-refractivity contribution in [3.8, 4) is 0 Å². The number of hydrogen-bond acceptors (Lipinski definition) is 6. The highest BCUT2D eigenvalue weighted by Gasteiger charge is 2.22. The summed E-state index contributed by atoms with van der Waals surface area (Å²) in [6, 6.07) is 0. The van der Waals surface area contributed by atoms with E-state index < -0.39 is 32.5 Å². The average Bonchev–Trinajstić information content (AvgIpc) is 3.02. The first-order chi connectivity index (χ1) is 22.3. The van der Waals surface area contributed by atoms with Crippen LogP contribution in [0.1, 0.15) is 181 Å². The van der Waals surface area contributed by atoms with E-state index in [0.29, 0.717) is 6.42 Å². The summed E-state index contributed by atoms with van der Waals surface area (Å²) in [5, 5.41) is 0. The summed E-state index contributed by atoms with van der Waals surface area (Å²) in [6.07, 6.45) is 36.1. The number of phosphoric acid groups is 1. The third-order valence-corrected chi connectivity index (χ3v) is 8.43. The third-order valence-electron chi connectivity index (χ3n) is 7.94. The number of hydrogen-bond donors (Lipinski definition) is 2. The molecule has 0 fully saturated rings. The predicted molar refractivity (Wildman–Crippen MR) is 189 cm³/mol. The molecule has 0 aliphatic carbocycles. The van der Waals surface area contributed by atoms with Crippen LogP contribution in [0.2, 0.25) is 0 Å². The van der Waals surface area contributed by atoms with Gasteiger partial charge in [0, 0.05) is 12.8 Å². The van der Waals surface area contributed by atoms with E-state index in [-0.39, 0.29) is 19.4 Å². The minimum atomic E-state index is -4.75. The zero-order valence-electron chi connectivity index (χ0n) is 29.5. The number of esters is 2. The molecule has 0 unspecified atom stereocenters. The fourth-order valence-electron chi connectivity index (χ4n) is 5.13. The molecule has 0 aromatic carbocycles. The highest BCUT2D eigenvalue weighted by atomic mass is 31.2. The lowest BCUT2D eigenvalue weighted by Gasteiger charge is -2.18. The van der Waals surface area contributed by atoms with Gasteiger partial charge in [0.1, 0.15) is 6.61 Å². The SMILES string of the molecule is CCCCCC/C=C\CCCCCCCCCC(=O)OC[C@H](COP(=O)(O)O)OC(=O)CCCCCCC/C=C\CCCCCC. The molecule has 2 N–H and O–H groups in total. The van der Waals surface area contributed by atoms with E-state index in [1.54, 1.807) is 0 Å². The van der Waals surface area contributed by atoms with Crippen LogP contribution in [0, 0.1) is 0 Å². The van der Waals surface area contributed by atoms with Crippen LogP contribution in [-0.4, -0.2) is 41.0 Å². The van der Waals surface area contributed by atoms with E-state index in [1.807, 2.05) is 0 Å². The lowest BCUT2D eigenvalue weighted by molar-refractivity contribution is -0.161. The Morgan fingerprint density at radius 1 is 0.543 bits per heavy atom. The van der Waals surface area contributed by atoms with Crippen LogP contribution in [0.4, 0.5) is 0 Å². The van der Waals surface area contributed by atoms with Crippen molar-refractivity contribution in [1.82, 2.24) is 0 Å². The lowest BCUT2D eigenvalue weighted by atomic mass is 10.1. The predicted octanol–water partition coefficient (Wildman–Crippen LogP) is 10.8. The first-order valence-electron chi connectivity index (χ1n) is 18.6. The van der Waals surface area contributed by atoms with E-state index >= 15 is 0 Å². The Balaban J connectivity index is 3.98. The standard InChI is InChI=1S/C37H69O8P/c1-3-5-7-9-11-13-15-17-18-20-21-23-25-27-29-31-36(38)43-33-35(34-44-46(40,41)42)45-37(39)32-30-28-26-24-22-19-16-14-12-10-8-6-4-2/h13-16,35H,3-12,17-34H2,1-2H3,(H2,40,41,42)/b15-13-,16-14-/t35-/m1/s1. The molecule has 0 heterocycles. The van der Waals surface area contributed by atoms with Crippen molar-refractivity contribution in [2.75, 3.05) is 13.2 Å². The monoisotopic (exact) mass is 672 g/mol. The average molecular weight is 673 g/mol. The molecule has 0 aromatic rings. The number of rotatable bonds is 34. The third kappa shape index (κ3) is 35.4. The quantitative estimate of drug-likeness (QED) is 0.0300. The summed E-state index contributed by atoms with van der Waals surface area (Å²) >= 11 is 0. The molecule has 46 heavy (non-hydrogen) atoms. The molecule has 0 rings (SSSR count). The normalized spacial score (nSPS) is 12.7. The van der Waals surface area contributed by atoms with E-state index in [0.717, 1.165) is 64.2 Å². The number of carbonyl (C=O) groups excluding carboxylic acids is 2. The summed E-state index contributed by atoms with van der Waals surface area (Å²) in [4.78, 5) is 42.6. The van der Waals surface area contributed by atoms with Gasteiger partial charge in [0.25, 0.3) is 0 Å². The van der Waals surface area contributed by atoms with Crippen LogP contribution in [0.3, 0.4) is 0 Å². The zero-order chi connectivity index (χ0) is 34.0. The van der Waals surface area contributed by atoms with Crippen molar-refractivity contribution >= 4 is 19.8 Å². The van der Waals surface area contributed by atoms with Gasteiger partial charge in [0.05, 0.1) is 6.61 Å². The van der Waals surface area contributed by atoms with Gasteiger partial charge in [-0.15, -0.1) is 0 Å². The maximum atomic E-state index is 12.3. The van der Waals surface area contributed by atoms with Crippen molar-refractivity contribution in [2.24, 2.45) is 0 Å². The molecule has 0 radical (unpaired) electrons. The van der Waals surface area contributed by atoms with Crippen molar-refractivity contribution in [3.63, 3.8) is 0 Å². The van der Waals surface area contributed by atoms with Crippen molar-refractivity contribution in [1.29, 1.82) is 0 Å². The molecular weight excluding hydrogens is 603 g/mol. The van der Waals surface area contributed by atoms with Gasteiger partial charge in [0.2, 0.25) is 0 Å². The minimum absolute atomic E-state index is 0.202. The van der Waals surface area contributed by atoms with E-state index in [1.165, 1.54) is 83.5 Å². The largest absolute Gasteiger partial charge is 0.469 e. The molecular formula is C37H69O8P. The van der Waals surface area contributed by atoms with Gasteiger partial charge >= 0.3 is 19.8 Å². The Morgan fingerprint density at radius 3 is 1.33 bits per heavy atom. The maximum Gasteiger partial charge on any atom is 0.469 e. The highest BCUT2D eigenvalue weighted by Crippen LogP contribution is 2.36. The lowest BCUT2D eigenvalue weighted by Crippen LogP contribution is -2.29. The Bertz CT molecular complexity index is 807. The summed E-state index contributed by atoms with van der Waals surface area (Å²) in [6.45, 7) is 3.64. The van der Waals surface area contributed by atoms with Crippen LogP contribution in [0.5, 0.6) is 0 Å². The van der Waals surface area contributed by atoms with Gasteiger partial charge in [-0.1, -0.05) is 128 Å². The van der Waals surface area contributed by atoms with E-state index in [9.17, 15) is 14.2 Å². The maximum absolute atomic E-state index is 12.3. The molecule has 270 valence electrons. The number of ether oxygens (including phenoxy) is 2. The molecule has 9 heteroatoms. The van der Waals surface area contributed by atoms with Crippen LogP contribution < -0.4 is 0 Å². The van der Waals surface area contributed by atoms with Gasteiger partial charge in [-0.05, 0) is 64.2 Å². The van der Waals surface area contributed by atoms with Crippen molar-refractivity contribution < 1.29 is 37.9 Å². The van der Waals surface area contributed by atoms with Crippen LogP contribution in [0.25, 0.3) is 0 Å². The van der Waals surface area contributed by atoms with Gasteiger partial charge < -0.3 is 19.3 Å². The Morgan fingerprint density at radius 2 is 0.913 bits per heavy atom. The molecule has 0 aromatic heterocycles. The molecule has 0 spiro atoms. The number of unbranched alkanes of at least 4 members (excludes halogenated alkanes) is 20. The van der Waals surface area contributed by atoms with Crippen LogP contribution in [-0.2, 0) is 28.2 Å². The topological polar surface area (TPSA) is 119 Å². The van der Waals surface area contributed by atoms with Gasteiger partial charge in [0.15, 0.2) is 6.10 Å². The molecule has 0 bridgehead atoms. The first-order valence-corrected chi connectivity index (χ1v) is 20.2. The fraction of sp³-hybridized carbons (Fsp3) is 0.838. The molecule has 0 amide bonds. The molecule has 0 saturated carbocycles. The molecule has 0 aliphatic rings. The number of phosphoric ester groups is 1. The van der Waals surface area contributed by atoms with Crippen molar-refractivity contribution in [3.05, 3.63) is 24.3 Å². The number of carbonyl (C=O) groups is 2. The summed E-state index contributed by atoms with van der Waals surface area (Å²) in [5.41, 5.74) is 0. The van der Waals surface area contributed by atoms with Gasteiger partial charge in [-0.2, -0.15) is 0 Å². The van der Waals surface area contributed by atoms with E-state index in [4.69, 9.17) is 19.3 Å². The smallest absolute Gasteiger partial charge is 0.462 e. The highest BCUT2D eigenvalue weighted by molar-refractivity contribution is 7.46. The number of allylic oxidation sites excluding steroid dienone is 4. The van der Waals surface area contributed by atoms with Gasteiger partial charge in [-0.3, -0.25) is 14.1 Å². The summed E-state index contributed by atoms with van der Waals surface area (Å²) in [7, 11) is -4.75. The zero-order valence-corrected chi connectivity index (χ0v) is 30.4. The summed E-state index contributed by atoms with van der Waals surface area (Å²) < 4.78 is 26.3. The van der Waals surface area contributed by atoms with E-state index in [2.05, 4.69) is 42.7 Å². The Hall–Kier alpha value is -1.47.